The van der Waals surface area contributed by atoms with Crippen LogP contribution in [0.25, 0.3) is 16.8 Å². The molecule has 0 atom stereocenters. The van der Waals surface area contributed by atoms with Crippen molar-refractivity contribution in [1.82, 2.24) is 0 Å². The molecule has 0 radical (unpaired) electrons. The zero-order valence-corrected chi connectivity index (χ0v) is 12.9. The van der Waals surface area contributed by atoms with Gasteiger partial charge in [0.2, 0.25) is 0 Å². The molecule has 0 aliphatic carbocycles. The van der Waals surface area contributed by atoms with Crippen molar-refractivity contribution in [3.8, 4) is 5.75 Å². The Morgan fingerprint density at radius 1 is 0.870 bits per heavy atom. The second-order valence-electron chi connectivity index (χ2n) is 5.61. The maximum atomic E-state index is 5.19. The Kier molecular flexibility index (Phi) is 3.43. The zero-order valence-electron chi connectivity index (χ0n) is 12.9. The van der Waals surface area contributed by atoms with Crippen LogP contribution in [0, 0.1) is 0 Å². The lowest BCUT2D eigenvalue weighted by atomic mass is 9.73. The molecule has 0 saturated carbocycles. The van der Waals surface area contributed by atoms with Gasteiger partial charge >= 0.3 is 6.98 Å². The molecule has 1 aliphatic heterocycles. The number of benzene rings is 3. The Morgan fingerprint density at radius 3 is 2.13 bits per heavy atom. The van der Waals surface area contributed by atoms with Gasteiger partial charge in [-0.2, -0.15) is 0 Å². The monoisotopic (exact) mass is 300 g/mol. The van der Waals surface area contributed by atoms with Crippen LogP contribution in [0.5, 0.6) is 5.75 Å². The van der Waals surface area contributed by atoms with E-state index in [1.807, 2.05) is 24.3 Å². The molecule has 3 aromatic rings. The minimum atomic E-state index is 0.0672. The van der Waals surface area contributed by atoms with Gasteiger partial charge in [0.25, 0.3) is 0 Å². The molecule has 4 rings (SSSR count). The van der Waals surface area contributed by atoms with E-state index >= 15 is 0 Å². The summed E-state index contributed by atoms with van der Waals surface area (Å²) >= 11 is 0. The highest BCUT2D eigenvalue weighted by molar-refractivity contribution is 6.73. The van der Waals surface area contributed by atoms with Gasteiger partial charge in [0.1, 0.15) is 5.75 Å². The van der Waals surface area contributed by atoms with Gasteiger partial charge < -0.3 is 15.2 Å². The fraction of sp³-hybridized carbons (Fsp3) is 0.0526. The van der Waals surface area contributed by atoms with Gasteiger partial charge in [-0.15, -0.1) is 0 Å². The van der Waals surface area contributed by atoms with Crippen LogP contribution >= 0.6 is 0 Å². The number of ether oxygens (including phenoxy) is 1. The molecule has 112 valence electrons. The quantitative estimate of drug-likeness (QED) is 0.702. The third kappa shape index (κ3) is 2.64. The second-order valence-corrected chi connectivity index (χ2v) is 5.61. The summed E-state index contributed by atoms with van der Waals surface area (Å²) < 4.78 is 5.19. The Bertz CT molecular complexity index is 833. The lowest BCUT2D eigenvalue weighted by Crippen LogP contribution is -2.35. The summed E-state index contributed by atoms with van der Waals surface area (Å²) in [6, 6.07) is 20.7. The smallest absolute Gasteiger partial charge is 0.398 e. The summed E-state index contributed by atoms with van der Waals surface area (Å²) in [6.07, 6.45) is 2.11. The first-order valence-electron chi connectivity index (χ1n) is 7.70. The molecule has 0 aromatic heterocycles. The first-order chi connectivity index (χ1) is 11.3. The summed E-state index contributed by atoms with van der Waals surface area (Å²) in [5, 5.41) is 9.56. The van der Waals surface area contributed by atoms with Gasteiger partial charge in [-0.05, 0) is 35.2 Å². The van der Waals surface area contributed by atoms with Crippen molar-refractivity contribution >= 4 is 35.2 Å². The van der Waals surface area contributed by atoms with Crippen molar-refractivity contribution in [1.29, 1.82) is 0 Å². The molecular weight excluding hydrogens is 283 g/mol. The Labute approximate surface area is 136 Å². The van der Waals surface area contributed by atoms with Crippen LogP contribution in [-0.4, -0.2) is 14.1 Å². The summed E-state index contributed by atoms with van der Waals surface area (Å²) in [7, 11) is 1.68. The summed E-state index contributed by atoms with van der Waals surface area (Å²) in [6.45, 7) is 0.0672. The molecule has 0 amide bonds. The zero-order chi connectivity index (χ0) is 15.6. The number of methoxy groups -OCH3 is 1. The van der Waals surface area contributed by atoms with Crippen LogP contribution in [0.1, 0.15) is 5.56 Å². The van der Waals surface area contributed by atoms with Crippen LogP contribution in [-0.2, 0) is 0 Å². The Balaban J connectivity index is 1.59. The molecule has 2 N–H and O–H groups in total. The van der Waals surface area contributed by atoms with E-state index in [9.17, 15) is 0 Å². The lowest BCUT2D eigenvalue weighted by Gasteiger charge is -2.24. The van der Waals surface area contributed by atoms with Gasteiger partial charge in [-0.1, -0.05) is 48.4 Å². The van der Waals surface area contributed by atoms with Gasteiger partial charge in [-0.25, -0.2) is 0 Å². The maximum absolute atomic E-state index is 5.19. The third-order valence-electron chi connectivity index (χ3n) is 4.12. The van der Waals surface area contributed by atoms with Crippen LogP contribution in [0.2, 0.25) is 0 Å². The average Bonchev–Trinajstić information content (AvgIpc) is 2.61. The highest BCUT2D eigenvalue weighted by atomic mass is 16.5. The van der Waals surface area contributed by atoms with E-state index in [4.69, 9.17) is 4.74 Å². The molecule has 3 nitrogen and oxygen atoms in total. The minimum Gasteiger partial charge on any atom is -0.497 e. The average molecular weight is 300 g/mol. The molecule has 0 saturated heterocycles. The minimum absolute atomic E-state index is 0.0672. The van der Waals surface area contributed by atoms with Crippen molar-refractivity contribution in [3.05, 3.63) is 72.2 Å². The number of hydrogen-bond donors (Lipinski definition) is 2. The van der Waals surface area contributed by atoms with Gasteiger partial charge in [0, 0.05) is 16.8 Å². The van der Waals surface area contributed by atoms with E-state index < -0.39 is 0 Å². The molecule has 0 unspecified atom stereocenters. The summed E-state index contributed by atoms with van der Waals surface area (Å²) in [5.41, 5.74) is 3.48. The highest BCUT2D eigenvalue weighted by Gasteiger charge is 2.20. The third-order valence-corrected chi connectivity index (χ3v) is 4.12. The molecule has 0 bridgehead atoms. The van der Waals surface area contributed by atoms with E-state index in [2.05, 4.69) is 58.9 Å². The van der Waals surface area contributed by atoms with Gasteiger partial charge in [0.05, 0.1) is 7.11 Å². The summed E-state index contributed by atoms with van der Waals surface area (Å²) in [5.74, 6) is 3.01. The molecule has 0 fully saturated rings. The van der Waals surface area contributed by atoms with E-state index in [1.165, 1.54) is 22.1 Å². The molecule has 3 aromatic carbocycles. The first kappa shape index (κ1) is 13.8. The van der Waals surface area contributed by atoms with Gasteiger partial charge in [-0.3, -0.25) is 0 Å². The normalized spacial score (nSPS) is 13.0. The number of hydrogen-bond acceptors (Lipinski definition) is 3. The largest absolute Gasteiger partial charge is 0.497 e. The molecule has 0 spiro atoms. The van der Waals surface area contributed by atoms with Crippen molar-refractivity contribution < 1.29 is 4.74 Å². The highest BCUT2D eigenvalue weighted by Crippen LogP contribution is 2.34. The second kappa shape index (κ2) is 5.73. The lowest BCUT2D eigenvalue weighted by molar-refractivity contribution is 0.415. The van der Waals surface area contributed by atoms with Crippen molar-refractivity contribution in [3.63, 3.8) is 0 Å². The standard InChI is InChI=1S/C19H17BN2O/c1-23-16-10-8-14(9-11-16)12-13-20-21-17-6-2-4-15-5-3-7-18(22-20)19(15)17/h2-13,21-22H,1H3/b13-12-. The predicted octanol–water partition coefficient (Wildman–Crippen LogP) is 4.43. The van der Waals surface area contributed by atoms with Gasteiger partial charge in [0.15, 0.2) is 0 Å². The summed E-state index contributed by atoms with van der Waals surface area (Å²) in [4.78, 5) is 0. The topological polar surface area (TPSA) is 33.3 Å². The predicted molar refractivity (Wildman–Crippen MR) is 99.0 cm³/mol. The SMILES string of the molecule is COc1ccc(/C=C\B2Nc3cccc4cccc(c34)N2)cc1. The first-order valence-corrected chi connectivity index (χ1v) is 7.70. The van der Waals surface area contributed by atoms with Crippen molar-refractivity contribution in [2.24, 2.45) is 0 Å². The Hall–Kier alpha value is -2.88. The van der Waals surface area contributed by atoms with E-state index in [1.54, 1.807) is 7.11 Å². The van der Waals surface area contributed by atoms with Crippen LogP contribution < -0.4 is 15.2 Å². The van der Waals surface area contributed by atoms with Crippen LogP contribution in [0.15, 0.2) is 66.6 Å². The number of rotatable bonds is 3. The Morgan fingerprint density at radius 2 is 1.52 bits per heavy atom. The van der Waals surface area contributed by atoms with Crippen LogP contribution in [0.3, 0.4) is 0 Å². The molecular formula is C19H17BN2O. The maximum Gasteiger partial charge on any atom is 0.398 e. The van der Waals surface area contributed by atoms with E-state index in [-0.39, 0.29) is 6.98 Å². The fourth-order valence-electron chi connectivity index (χ4n) is 2.97. The van der Waals surface area contributed by atoms with E-state index in [0.717, 1.165) is 11.3 Å². The molecule has 4 heteroatoms. The van der Waals surface area contributed by atoms with Crippen molar-refractivity contribution in [2.75, 3.05) is 17.6 Å². The fourth-order valence-corrected chi connectivity index (χ4v) is 2.97. The van der Waals surface area contributed by atoms with E-state index in [0.29, 0.717) is 0 Å². The van der Waals surface area contributed by atoms with Crippen molar-refractivity contribution in [2.45, 2.75) is 0 Å². The molecule has 1 aliphatic rings. The number of anilines is 2. The number of nitrogens with one attached hydrogen (secondary N) is 2. The molecule has 1 heterocycles. The van der Waals surface area contributed by atoms with Crippen LogP contribution in [0.4, 0.5) is 11.4 Å². The molecule has 23 heavy (non-hydrogen) atoms.